The van der Waals surface area contributed by atoms with Crippen molar-refractivity contribution >= 4 is 27.6 Å². The van der Waals surface area contributed by atoms with Gasteiger partial charge in [0.2, 0.25) is 10.0 Å². The summed E-state index contributed by atoms with van der Waals surface area (Å²) in [7, 11) is -2.45. The third kappa shape index (κ3) is 5.98. The summed E-state index contributed by atoms with van der Waals surface area (Å²) in [6, 6.07) is 3.70. The molecule has 1 aromatic carbocycles. The number of hydrogen-bond acceptors (Lipinski definition) is 6. The predicted octanol–water partition coefficient (Wildman–Crippen LogP) is 0.807. The molecule has 0 saturated carbocycles. The number of hydrogen-bond donors (Lipinski definition) is 1. The van der Waals surface area contributed by atoms with Crippen molar-refractivity contribution in [2.75, 3.05) is 33.5 Å². The van der Waals surface area contributed by atoms with Crippen LogP contribution < -0.4 is 5.14 Å². The Balaban J connectivity index is 2.59. The summed E-state index contributed by atoms with van der Waals surface area (Å²) in [5.41, 5.74) is 0.0420. The van der Waals surface area contributed by atoms with Crippen LogP contribution in [-0.4, -0.2) is 47.9 Å². The second-order valence-corrected chi connectivity index (χ2v) is 5.87. The number of esters is 1. The number of benzene rings is 1. The maximum Gasteiger partial charge on any atom is 0.338 e. The van der Waals surface area contributed by atoms with E-state index >= 15 is 0 Å². The van der Waals surface area contributed by atoms with E-state index in [4.69, 9.17) is 31.0 Å². The number of carbonyl (C=O) groups excluding carboxylic acids is 1. The van der Waals surface area contributed by atoms with Gasteiger partial charge in [-0.3, -0.25) is 0 Å². The molecule has 0 radical (unpaired) electrons. The Kier molecular flexibility index (Phi) is 7.06. The Bertz CT molecular complexity index is 589. The molecule has 0 amide bonds. The molecule has 0 heterocycles. The van der Waals surface area contributed by atoms with Gasteiger partial charge in [0.25, 0.3) is 0 Å². The second kappa shape index (κ2) is 8.30. The summed E-state index contributed by atoms with van der Waals surface area (Å²) in [6.45, 7) is 1.09. The van der Waals surface area contributed by atoms with E-state index in [2.05, 4.69) is 0 Å². The fourth-order valence-electron chi connectivity index (χ4n) is 1.37. The van der Waals surface area contributed by atoms with Gasteiger partial charge >= 0.3 is 5.97 Å². The molecule has 0 fully saturated rings. The molecule has 0 saturated heterocycles. The number of primary sulfonamides is 1. The zero-order valence-electron chi connectivity index (χ0n) is 11.4. The van der Waals surface area contributed by atoms with Gasteiger partial charge in [0, 0.05) is 7.11 Å². The molecule has 0 atom stereocenters. The van der Waals surface area contributed by atoms with E-state index in [1.165, 1.54) is 12.1 Å². The van der Waals surface area contributed by atoms with Gasteiger partial charge in [-0.25, -0.2) is 18.4 Å². The lowest BCUT2D eigenvalue weighted by Gasteiger charge is -2.07. The second-order valence-electron chi connectivity index (χ2n) is 3.93. The minimum Gasteiger partial charge on any atom is -0.460 e. The number of halogens is 1. The topological polar surface area (TPSA) is 105 Å². The smallest absolute Gasteiger partial charge is 0.338 e. The normalized spacial score (nSPS) is 11.4. The van der Waals surface area contributed by atoms with Crippen molar-refractivity contribution in [3.8, 4) is 0 Å². The lowest BCUT2D eigenvalue weighted by atomic mass is 10.2. The molecule has 2 N–H and O–H groups in total. The molecule has 0 aliphatic heterocycles. The fraction of sp³-hybridized carbons (Fsp3) is 0.417. The number of nitrogens with two attached hydrogens (primary N) is 1. The fourth-order valence-corrected chi connectivity index (χ4v) is 2.44. The highest BCUT2D eigenvalue weighted by Crippen LogP contribution is 2.21. The molecule has 9 heteroatoms. The van der Waals surface area contributed by atoms with Gasteiger partial charge in [-0.05, 0) is 18.2 Å². The first-order valence-electron chi connectivity index (χ1n) is 5.92. The van der Waals surface area contributed by atoms with Crippen LogP contribution in [-0.2, 0) is 24.2 Å². The first-order valence-corrected chi connectivity index (χ1v) is 7.85. The van der Waals surface area contributed by atoms with Crippen LogP contribution in [0.1, 0.15) is 10.4 Å². The molecule has 0 aromatic heterocycles. The Morgan fingerprint density at radius 2 is 1.90 bits per heavy atom. The maximum atomic E-state index is 11.7. The number of sulfonamides is 1. The van der Waals surface area contributed by atoms with E-state index in [1.54, 1.807) is 7.11 Å². The molecule has 0 spiro atoms. The summed E-state index contributed by atoms with van der Waals surface area (Å²) in [4.78, 5) is 11.4. The minimum absolute atomic E-state index is 0.0376. The van der Waals surface area contributed by atoms with Gasteiger partial charge in [0.05, 0.1) is 30.4 Å². The van der Waals surface area contributed by atoms with E-state index in [-0.39, 0.29) is 28.7 Å². The van der Waals surface area contributed by atoms with Crippen LogP contribution in [0.2, 0.25) is 5.02 Å². The molecule has 1 rings (SSSR count). The van der Waals surface area contributed by atoms with Gasteiger partial charge in [0.15, 0.2) is 0 Å². The number of rotatable bonds is 8. The average molecular weight is 338 g/mol. The Morgan fingerprint density at radius 1 is 1.24 bits per heavy atom. The van der Waals surface area contributed by atoms with E-state index in [0.29, 0.717) is 13.2 Å². The Labute approximate surface area is 128 Å². The van der Waals surface area contributed by atoms with Crippen LogP contribution >= 0.6 is 11.6 Å². The lowest BCUT2D eigenvalue weighted by molar-refractivity contribution is 0.0213. The number of carbonyl (C=O) groups is 1. The molecule has 21 heavy (non-hydrogen) atoms. The molecule has 0 bridgehead atoms. The van der Waals surface area contributed by atoms with Crippen LogP contribution in [0, 0.1) is 0 Å². The first kappa shape index (κ1) is 17.9. The summed E-state index contributed by atoms with van der Waals surface area (Å²) in [5.74, 6) is -0.688. The summed E-state index contributed by atoms with van der Waals surface area (Å²) in [6.07, 6.45) is 0. The Hall–Kier alpha value is -1.19. The summed E-state index contributed by atoms with van der Waals surface area (Å²) < 4.78 is 37.4. The molecular weight excluding hydrogens is 322 g/mol. The Morgan fingerprint density at radius 3 is 2.52 bits per heavy atom. The average Bonchev–Trinajstić information content (AvgIpc) is 2.41. The highest BCUT2D eigenvalue weighted by molar-refractivity contribution is 7.89. The lowest BCUT2D eigenvalue weighted by Crippen LogP contribution is -2.15. The zero-order chi connectivity index (χ0) is 15.9. The van der Waals surface area contributed by atoms with Crippen LogP contribution in [0.3, 0.4) is 0 Å². The third-order valence-electron chi connectivity index (χ3n) is 2.37. The molecule has 0 aliphatic carbocycles. The van der Waals surface area contributed by atoms with Crippen LogP contribution in [0.15, 0.2) is 23.1 Å². The molecule has 1 aromatic rings. The largest absolute Gasteiger partial charge is 0.460 e. The van der Waals surface area contributed by atoms with Crippen molar-refractivity contribution in [1.82, 2.24) is 0 Å². The van der Waals surface area contributed by atoms with Crippen molar-refractivity contribution in [1.29, 1.82) is 0 Å². The number of methoxy groups -OCH3 is 1. The van der Waals surface area contributed by atoms with Gasteiger partial charge in [-0.15, -0.1) is 0 Å². The molecule has 0 aliphatic rings. The van der Waals surface area contributed by atoms with E-state index in [0.717, 1.165) is 6.07 Å². The third-order valence-corrected chi connectivity index (χ3v) is 3.76. The summed E-state index contributed by atoms with van der Waals surface area (Å²) >= 11 is 5.72. The van der Waals surface area contributed by atoms with Gasteiger partial charge < -0.3 is 14.2 Å². The highest BCUT2D eigenvalue weighted by atomic mass is 35.5. The van der Waals surface area contributed by atoms with Crippen molar-refractivity contribution in [2.24, 2.45) is 5.14 Å². The SMILES string of the molecule is COCCOCCOC(=O)c1ccc(Cl)c(S(N)(=O)=O)c1. The van der Waals surface area contributed by atoms with Gasteiger partial charge in [-0.2, -0.15) is 0 Å². The number of ether oxygens (including phenoxy) is 3. The van der Waals surface area contributed by atoms with Crippen molar-refractivity contribution in [3.05, 3.63) is 28.8 Å². The molecular formula is C12H16ClNO6S. The van der Waals surface area contributed by atoms with E-state index in [1.807, 2.05) is 0 Å². The molecule has 118 valence electrons. The van der Waals surface area contributed by atoms with Gasteiger partial charge in [0.1, 0.15) is 11.5 Å². The van der Waals surface area contributed by atoms with Crippen LogP contribution in [0.4, 0.5) is 0 Å². The zero-order valence-corrected chi connectivity index (χ0v) is 12.9. The van der Waals surface area contributed by atoms with Crippen LogP contribution in [0.5, 0.6) is 0 Å². The van der Waals surface area contributed by atoms with E-state index in [9.17, 15) is 13.2 Å². The minimum atomic E-state index is -4.00. The predicted molar refractivity (Wildman–Crippen MR) is 75.8 cm³/mol. The monoisotopic (exact) mass is 337 g/mol. The highest BCUT2D eigenvalue weighted by Gasteiger charge is 2.17. The standard InChI is InChI=1S/C12H16ClNO6S/c1-18-4-5-19-6-7-20-12(15)9-2-3-10(13)11(8-9)21(14,16)17/h2-3,8H,4-7H2,1H3,(H2,14,16,17). The quantitative estimate of drug-likeness (QED) is 0.556. The first-order chi connectivity index (χ1) is 9.86. The summed E-state index contributed by atoms with van der Waals surface area (Å²) in [5, 5.41) is 4.94. The van der Waals surface area contributed by atoms with Crippen molar-refractivity contribution < 1.29 is 27.4 Å². The molecule has 0 unspecified atom stereocenters. The van der Waals surface area contributed by atoms with Crippen molar-refractivity contribution in [3.63, 3.8) is 0 Å². The maximum absolute atomic E-state index is 11.7. The van der Waals surface area contributed by atoms with Crippen molar-refractivity contribution in [2.45, 2.75) is 4.90 Å². The van der Waals surface area contributed by atoms with Crippen LogP contribution in [0.25, 0.3) is 0 Å². The van der Waals surface area contributed by atoms with E-state index < -0.39 is 16.0 Å². The molecule has 7 nitrogen and oxygen atoms in total. The van der Waals surface area contributed by atoms with Gasteiger partial charge in [-0.1, -0.05) is 11.6 Å².